The zero-order valence-corrected chi connectivity index (χ0v) is 14.1. The standard InChI is InChI=1S/C16H24N2O4.ClH/c1-20-11-13(17)16(19)18-14-7-2-3-8-15(14)22-10-12-6-4-5-9-21-12;/h2-3,7-8,12-13H,4-6,9-11,17H2,1H3,(H,18,19);1H. The number of nitrogens with two attached hydrogens (primary N) is 1. The maximum absolute atomic E-state index is 12.0. The SMILES string of the molecule is COCC(N)C(=O)Nc1ccccc1OCC1CCCCO1.Cl. The van der Waals surface area contributed by atoms with Crippen LogP contribution in [-0.2, 0) is 14.3 Å². The van der Waals surface area contributed by atoms with Crippen LogP contribution in [0.3, 0.4) is 0 Å². The quantitative estimate of drug-likeness (QED) is 0.790. The third-order valence-corrected chi connectivity index (χ3v) is 3.53. The number of carbonyl (C=O) groups excluding carboxylic acids is 1. The average Bonchev–Trinajstić information content (AvgIpc) is 2.55. The molecule has 2 unspecified atom stereocenters. The molecule has 1 heterocycles. The van der Waals surface area contributed by atoms with Crippen LogP contribution >= 0.6 is 12.4 Å². The van der Waals surface area contributed by atoms with Crippen molar-refractivity contribution in [3.63, 3.8) is 0 Å². The number of anilines is 1. The Morgan fingerprint density at radius 1 is 1.43 bits per heavy atom. The molecule has 3 N–H and O–H groups in total. The number of benzene rings is 1. The van der Waals surface area contributed by atoms with Crippen molar-refractivity contribution in [2.45, 2.75) is 31.4 Å². The number of methoxy groups -OCH3 is 1. The number of hydrogen-bond acceptors (Lipinski definition) is 5. The number of para-hydroxylation sites is 2. The molecular weight excluding hydrogens is 320 g/mol. The van der Waals surface area contributed by atoms with Crippen molar-refractivity contribution < 1.29 is 19.0 Å². The predicted molar refractivity (Wildman–Crippen MR) is 91.3 cm³/mol. The minimum Gasteiger partial charge on any atom is -0.489 e. The number of halogens is 1. The summed E-state index contributed by atoms with van der Waals surface area (Å²) in [5.41, 5.74) is 6.33. The van der Waals surface area contributed by atoms with Crippen molar-refractivity contribution in [1.82, 2.24) is 0 Å². The first-order chi connectivity index (χ1) is 10.7. The minimum atomic E-state index is -0.709. The van der Waals surface area contributed by atoms with Gasteiger partial charge in [-0.15, -0.1) is 12.4 Å². The monoisotopic (exact) mass is 344 g/mol. The van der Waals surface area contributed by atoms with Crippen LogP contribution in [0, 0.1) is 0 Å². The van der Waals surface area contributed by atoms with Gasteiger partial charge in [-0.25, -0.2) is 0 Å². The summed E-state index contributed by atoms with van der Waals surface area (Å²) < 4.78 is 16.3. The molecule has 2 rings (SSSR count). The lowest BCUT2D eigenvalue weighted by Crippen LogP contribution is -2.39. The van der Waals surface area contributed by atoms with Crippen LogP contribution in [0.4, 0.5) is 5.69 Å². The fourth-order valence-electron chi connectivity index (χ4n) is 2.30. The molecule has 0 saturated carbocycles. The fourth-order valence-corrected chi connectivity index (χ4v) is 2.30. The Labute approximate surface area is 143 Å². The summed E-state index contributed by atoms with van der Waals surface area (Å²) in [7, 11) is 1.51. The number of carbonyl (C=O) groups is 1. The topological polar surface area (TPSA) is 82.8 Å². The molecule has 130 valence electrons. The molecule has 1 fully saturated rings. The molecule has 0 bridgehead atoms. The van der Waals surface area contributed by atoms with Crippen LogP contribution in [0.2, 0.25) is 0 Å². The molecule has 1 aliphatic rings. The van der Waals surface area contributed by atoms with E-state index in [4.69, 9.17) is 19.9 Å². The highest BCUT2D eigenvalue weighted by atomic mass is 35.5. The van der Waals surface area contributed by atoms with Gasteiger partial charge in [-0.1, -0.05) is 12.1 Å². The van der Waals surface area contributed by atoms with E-state index in [0.717, 1.165) is 25.9 Å². The molecule has 7 heteroatoms. The Morgan fingerprint density at radius 2 is 2.22 bits per heavy atom. The maximum Gasteiger partial charge on any atom is 0.243 e. The Balaban J connectivity index is 0.00000264. The summed E-state index contributed by atoms with van der Waals surface area (Å²) in [6.45, 7) is 1.44. The highest BCUT2D eigenvalue weighted by Crippen LogP contribution is 2.25. The van der Waals surface area contributed by atoms with Crippen LogP contribution in [-0.4, -0.2) is 45.0 Å². The second-order valence-electron chi connectivity index (χ2n) is 5.35. The molecule has 1 saturated heterocycles. The fraction of sp³-hybridized carbons (Fsp3) is 0.562. The van der Waals surface area contributed by atoms with Crippen molar-refractivity contribution in [1.29, 1.82) is 0 Å². The van der Waals surface area contributed by atoms with Gasteiger partial charge in [0.25, 0.3) is 0 Å². The van der Waals surface area contributed by atoms with Gasteiger partial charge in [-0.2, -0.15) is 0 Å². The van der Waals surface area contributed by atoms with Crippen molar-refractivity contribution in [2.75, 3.05) is 32.2 Å². The first kappa shape index (κ1) is 19.7. The molecule has 0 spiro atoms. The maximum atomic E-state index is 12.0. The summed E-state index contributed by atoms with van der Waals surface area (Å²) in [4.78, 5) is 12.0. The number of nitrogens with one attached hydrogen (secondary N) is 1. The van der Waals surface area contributed by atoms with Gasteiger partial charge in [-0.05, 0) is 31.4 Å². The van der Waals surface area contributed by atoms with E-state index in [-0.39, 0.29) is 31.0 Å². The van der Waals surface area contributed by atoms with Crippen molar-refractivity contribution in [3.05, 3.63) is 24.3 Å². The third kappa shape index (κ3) is 6.35. The number of rotatable bonds is 7. The van der Waals surface area contributed by atoms with Gasteiger partial charge in [0.2, 0.25) is 5.91 Å². The first-order valence-corrected chi connectivity index (χ1v) is 7.59. The van der Waals surface area contributed by atoms with E-state index in [9.17, 15) is 4.79 Å². The number of ether oxygens (including phenoxy) is 3. The molecule has 0 aliphatic carbocycles. The Morgan fingerprint density at radius 3 is 2.91 bits per heavy atom. The first-order valence-electron chi connectivity index (χ1n) is 7.59. The molecular formula is C16H25ClN2O4. The van der Waals surface area contributed by atoms with E-state index in [1.807, 2.05) is 18.2 Å². The van der Waals surface area contributed by atoms with E-state index in [0.29, 0.717) is 18.0 Å². The molecule has 1 aliphatic heterocycles. The van der Waals surface area contributed by atoms with Gasteiger partial charge < -0.3 is 25.3 Å². The molecule has 1 amide bonds. The molecule has 6 nitrogen and oxygen atoms in total. The minimum absolute atomic E-state index is 0. The van der Waals surface area contributed by atoms with E-state index >= 15 is 0 Å². The molecule has 1 aromatic rings. The summed E-state index contributed by atoms with van der Waals surface area (Å²) in [6.07, 6.45) is 3.40. The molecule has 0 radical (unpaired) electrons. The van der Waals surface area contributed by atoms with Gasteiger partial charge in [0.1, 0.15) is 18.4 Å². The average molecular weight is 345 g/mol. The second kappa shape index (κ2) is 10.4. The third-order valence-electron chi connectivity index (χ3n) is 3.53. The van der Waals surface area contributed by atoms with Crippen LogP contribution in [0.1, 0.15) is 19.3 Å². The van der Waals surface area contributed by atoms with E-state index < -0.39 is 6.04 Å². The zero-order chi connectivity index (χ0) is 15.8. The highest BCUT2D eigenvalue weighted by molar-refractivity contribution is 5.96. The lowest BCUT2D eigenvalue weighted by molar-refractivity contribution is -0.118. The summed E-state index contributed by atoms with van der Waals surface area (Å²) in [6, 6.07) is 6.59. The van der Waals surface area contributed by atoms with Crippen molar-refractivity contribution in [3.8, 4) is 5.75 Å². The Kier molecular flexibility index (Phi) is 8.94. The van der Waals surface area contributed by atoms with E-state index in [1.165, 1.54) is 7.11 Å². The van der Waals surface area contributed by atoms with Gasteiger partial charge in [-0.3, -0.25) is 4.79 Å². The zero-order valence-electron chi connectivity index (χ0n) is 13.3. The number of amides is 1. The Hall–Kier alpha value is -1.34. The normalized spacial score (nSPS) is 18.6. The Bertz CT molecular complexity index is 481. The summed E-state index contributed by atoms with van der Waals surface area (Å²) >= 11 is 0. The molecule has 23 heavy (non-hydrogen) atoms. The van der Waals surface area contributed by atoms with Crippen molar-refractivity contribution in [2.24, 2.45) is 5.73 Å². The van der Waals surface area contributed by atoms with Gasteiger partial charge in [0, 0.05) is 13.7 Å². The van der Waals surface area contributed by atoms with Crippen molar-refractivity contribution >= 4 is 24.0 Å². The molecule has 0 aromatic heterocycles. The smallest absolute Gasteiger partial charge is 0.243 e. The van der Waals surface area contributed by atoms with Gasteiger partial charge >= 0.3 is 0 Å². The summed E-state index contributed by atoms with van der Waals surface area (Å²) in [5.74, 6) is 0.321. The van der Waals surface area contributed by atoms with Crippen LogP contribution in [0.5, 0.6) is 5.75 Å². The predicted octanol–water partition coefficient (Wildman–Crippen LogP) is 1.97. The summed E-state index contributed by atoms with van der Waals surface area (Å²) in [5, 5.41) is 2.77. The number of hydrogen-bond donors (Lipinski definition) is 2. The highest BCUT2D eigenvalue weighted by Gasteiger charge is 2.17. The van der Waals surface area contributed by atoms with Gasteiger partial charge in [0.05, 0.1) is 18.4 Å². The second-order valence-corrected chi connectivity index (χ2v) is 5.35. The van der Waals surface area contributed by atoms with Gasteiger partial charge in [0.15, 0.2) is 0 Å². The van der Waals surface area contributed by atoms with E-state index in [2.05, 4.69) is 5.32 Å². The van der Waals surface area contributed by atoms with Crippen LogP contribution < -0.4 is 15.8 Å². The lowest BCUT2D eigenvalue weighted by Gasteiger charge is -2.23. The lowest BCUT2D eigenvalue weighted by atomic mass is 10.1. The van der Waals surface area contributed by atoms with Crippen LogP contribution in [0.25, 0.3) is 0 Å². The molecule has 1 aromatic carbocycles. The van der Waals surface area contributed by atoms with Crippen LogP contribution in [0.15, 0.2) is 24.3 Å². The largest absolute Gasteiger partial charge is 0.489 e. The van der Waals surface area contributed by atoms with E-state index in [1.54, 1.807) is 6.07 Å². The molecule has 2 atom stereocenters.